The highest BCUT2D eigenvalue weighted by Gasteiger charge is 2.24. The number of amides is 2. The Morgan fingerprint density at radius 1 is 1.17 bits per heavy atom. The molecule has 1 fully saturated rings. The Kier molecular flexibility index (Phi) is 5.21. The van der Waals surface area contributed by atoms with Crippen LogP contribution in [0.1, 0.15) is 12.8 Å². The lowest BCUT2D eigenvalue weighted by Gasteiger charge is -2.27. The summed E-state index contributed by atoms with van der Waals surface area (Å²) in [5.74, 6) is 0.769. The van der Waals surface area contributed by atoms with Gasteiger partial charge < -0.3 is 20.3 Å². The molecule has 2 aromatic rings. The van der Waals surface area contributed by atoms with Crippen LogP contribution in [0.5, 0.6) is 5.75 Å². The number of benzene rings is 2. The molecule has 5 heteroatoms. The van der Waals surface area contributed by atoms with E-state index in [0.717, 1.165) is 30.8 Å². The van der Waals surface area contributed by atoms with Crippen molar-refractivity contribution in [2.45, 2.75) is 18.9 Å². The highest BCUT2D eigenvalue weighted by atomic mass is 16.5. The average Bonchev–Trinajstić information content (AvgIpc) is 3.10. The molecule has 1 unspecified atom stereocenters. The van der Waals surface area contributed by atoms with Crippen molar-refractivity contribution < 1.29 is 9.53 Å². The second-order valence-corrected chi connectivity index (χ2v) is 5.89. The standard InChI is InChI=1S/C19H23N3O2/c1-24-18-11-9-15(10-12-18)21-19(23)20-14-17-8-5-13-22(17)16-6-3-2-4-7-16/h2-4,6-7,9-12,17H,5,8,13-14H2,1H3,(H2,20,21,23). The summed E-state index contributed by atoms with van der Waals surface area (Å²) in [4.78, 5) is 14.5. The largest absolute Gasteiger partial charge is 0.497 e. The molecule has 1 aliphatic heterocycles. The maximum atomic E-state index is 12.1. The molecule has 1 atom stereocenters. The van der Waals surface area contributed by atoms with Gasteiger partial charge in [0, 0.05) is 30.5 Å². The molecular formula is C19H23N3O2. The molecule has 126 valence electrons. The predicted octanol–water partition coefficient (Wildman–Crippen LogP) is 3.49. The number of urea groups is 1. The Hall–Kier alpha value is -2.69. The van der Waals surface area contributed by atoms with Crippen LogP contribution in [-0.4, -0.2) is 32.3 Å². The fourth-order valence-electron chi connectivity index (χ4n) is 3.07. The molecule has 1 aliphatic rings. The van der Waals surface area contributed by atoms with E-state index < -0.39 is 0 Å². The van der Waals surface area contributed by atoms with Gasteiger partial charge in [-0.15, -0.1) is 0 Å². The van der Waals surface area contributed by atoms with Gasteiger partial charge in [-0.25, -0.2) is 4.79 Å². The van der Waals surface area contributed by atoms with Gasteiger partial charge in [0.25, 0.3) is 0 Å². The summed E-state index contributed by atoms with van der Waals surface area (Å²) in [7, 11) is 1.62. The average molecular weight is 325 g/mol. The molecule has 0 saturated carbocycles. The van der Waals surface area contributed by atoms with Crippen LogP contribution in [0.25, 0.3) is 0 Å². The Morgan fingerprint density at radius 2 is 1.92 bits per heavy atom. The number of carbonyl (C=O) groups is 1. The number of methoxy groups -OCH3 is 1. The molecule has 0 bridgehead atoms. The third-order valence-corrected chi connectivity index (χ3v) is 4.31. The second kappa shape index (κ2) is 7.73. The number of nitrogens with zero attached hydrogens (tertiary/aromatic N) is 1. The van der Waals surface area contributed by atoms with Crippen molar-refractivity contribution in [2.75, 3.05) is 30.4 Å². The zero-order valence-corrected chi connectivity index (χ0v) is 13.9. The van der Waals surface area contributed by atoms with E-state index in [1.807, 2.05) is 30.3 Å². The summed E-state index contributed by atoms with van der Waals surface area (Å²) in [5, 5.41) is 5.83. The third-order valence-electron chi connectivity index (χ3n) is 4.31. The zero-order valence-electron chi connectivity index (χ0n) is 13.9. The number of hydrogen-bond donors (Lipinski definition) is 2. The van der Waals surface area contributed by atoms with Crippen LogP contribution in [0.4, 0.5) is 16.2 Å². The maximum Gasteiger partial charge on any atom is 0.319 e. The van der Waals surface area contributed by atoms with Gasteiger partial charge >= 0.3 is 6.03 Å². The second-order valence-electron chi connectivity index (χ2n) is 5.89. The molecule has 1 heterocycles. The first-order valence-corrected chi connectivity index (χ1v) is 8.27. The van der Waals surface area contributed by atoms with Crippen LogP contribution < -0.4 is 20.3 Å². The SMILES string of the molecule is COc1ccc(NC(=O)NCC2CCCN2c2ccccc2)cc1. The third kappa shape index (κ3) is 3.98. The molecule has 1 saturated heterocycles. The van der Waals surface area contributed by atoms with Gasteiger partial charge in [0.15, 0.2) is 0 Å². The Bertz CT molecular complexity index is 658. The predicted molar refractivity (Wildman–Crippen MR) is 96.8 cm³/mol. The monoisotopic (exact) mass is 325 g/mol. The lowest BCUT2D eigenvalue weighted by atomic mass is 10.2. The van der Waals surface area contributed by atoms with Gasteiger partial charge in [-0.1, -0.05) is 18.2 Å². The van der Waals surface area contributed by atoms with Gasteiger partial charge in [0.2, 0.25) is 0 Å². The normalized spacial score (nSPS) is 16.7. The van der Waals surface area contributed by atoms with Crippen LogP contribution in [-0.2, 0) is 0 Å². The number of carbonyl (C=O) groups excluding carboxylic acids is 1. The molecule has 0 aliphatic carbocycles. The molecule has 2 aromatic carbocycles. The van der Waals surface area contributed by atoms with Crippen molar-refractivity contribution in [1.29, 1.82) is 0 Å². The number of anilines is 2. The summed E-state index contributed by atoms with van der Waals surface area (Å²) in [6, 6.07) is 17.8. The number of ether oxygens (including phenoxy) is 1. The summed E-state index contributed by atoms with van der Waals surface area (Å²) in [5.41, 5.74) is 1.97. The molecule has 2 N–H and O–H groups in total. The Balaban J connectivity index is 1.51. The molecule has 0 spiro atoms. The summed E-state index contributed by atoms with van der Waals surface area (Å²) < 4.78 is 5.11. The molecule has 0 aromatic heterocycles. The zero-order chi connectivity index (χ0) is 16.8. The van der Waals surface area contributed by atoms with E-state index in [-0.39, 0.29) is 6.03 Å². The summed E-state index contributed by atoms with van der Waals surface area (Å²) in [6.07, 6.45) is 2.25. The van der Waals surface area contributed by atoms with Crippen LogP contribution in [0.15, 0.2) is 54.6 Å². The van der Waals surface area contributed by atoms with Crippen molar-refractivity contribution in [2.24, 2.45) is 0 Å². The molecule has 2 amide bonds. The lowest BCUT2D eigenvalue weighted by Crippen LogP contribution is -2.41. The molecule has 5 nitrogen and oxygen atoms in total. The van der Waals surface area contributed by atoms with E-state index in [4.69, 9.17) is 4.74 Å². The molecule has 0 radical (unpaired) electrons. The van der Waals surface area contributed by atoms with Crippen molar-refractivity contribution in [3.8, 4) is 5.75 Å². The van der Waals surface area contributed by atoms with E-state index in [1.54, 1.807) is 7.11 Å². The van der Waals surface area contributed by atoms with E-state index in [1.165, 1.54) is 5.69 Å². The molecular weight excluding hydrogens is 302 g/mol. The molecule has 24 heavy (non-hydrogen) atoms. The number of hydrogen-bond acceptors (Lipinski definition) is 3. The fraction of sp³-hybridized carbons (Fsp3) is 0.316. The van der Waals surface area contributed by atoms with Gasteiger partial charge in [0.05, 0.1) is 7.11 Å². The van der Waals surface area contributed by atoms with Crippen molar-refractivity contribution in [3.63, 3.8) is 0 Å². The quantitative estimate of drug-likeness (QED) is 0.885. The fourth-order valence-corrected chi connectivity index (χ4v) is 3.07. The number of nitrogens with one attached hydrogen (secondary N) is 2. The highest BCUT2D eigenvalue weighted by Crippen LogP contribution is 2.24. The number of para-hydroxylation sites is 1. The van der Waals surface area contributed by atoms with Crippen molar-refractivity contribution in [1.82, 2.24) is 5.32 Å². The first-order chi connectivity index (χ1) is 11.8. The Morgan fingerprint density at radius 3 is 2.62 bits per heavy atom. The van der Waals surface area contributed by atoms with Crippen molar-refractivity contribution >= 4 is 17.4 Å². The van der Waals surface area contributed by atoms with Crippen LogP contribution in [0.3, 0.4) is 0 Å². The molecule has 3 rings (SSSR count). The van der Waals surface area contributed by atoms with Crippen LogP contribution in [0.2, 0.25) is 0 Å². The van der Waals surface area contributed by atoms with Gasteiger partial charge in [-0.2, -0.15) is 0 Å². The first-order valence-electron chi connectivity index (χ1n) is 8.27. The van der Waals surface area contributed by atoms with E-state index in [0.29, 0.717) is 12.6 Å². The van der Waals surface area contributed by atoms with Crippen molar-refractivity contribution in [3.05, 3.63) is 54.6 Å². The van der Waals surface area contributed by atoms with E-state index in [9.17, 15) is 4.79 Å². The van der Waals surface area contributed by atoms with Gasteiger partial charge in [-0.3, -0.25) is 0 Å². The highest BCUT2D eigenvalue weighted by molar-refractivity contribution is 5.89. The lowest BCUT2D eigenvalue weighted by molar-refractivity contribution is 0.251. The minimum atomic E-state index is -0.180. The topological polar surface area (TPSA) is 53.6 Å². The maximum absolute atomic E-state index is 12.1. The van der Waals surface area contributed by atoms with Gasteiger partial charge in [0.1, 0.15) is 5.75 Å². The van der Waals surface area contributed by atoms with E-state index in [2.05, 4.69) is 39.8 Å². The van der Waals surface area contributed by atoms with Gasteiger partial charge in [-0.05, 0) is 49.2 Å². The first kappa shape index (κ1) is 16.2. The van der Waals surface area contributed by atoms with Crippen LogP contribution in [0, 0.1) is 0 Å². The Labute approximate surface area is 142 Å². The minimum Gasteiger partial charge on any atom is -0.497 e. The van der Waals surface area contributed by atoms with Crippen LogP contribution >= 0.6 is 0 Å². The number of rotatable bonds is 5. The summed E-state index contributed by atoms with van der Waals surface area (Å²) in [6.45, 7) is 1.67. The minimum absolute atomic E-state index is 0.180. The smallest absolute Gasteiger partial charge is 0.319 e. The summed E-state index contributed by atoms with van der Waals surface area (Å²) >= 11 is 0. The van der Waals surface area contributed by atoms with E-state index >= 15 is 0 Å².